The molecule has 0 aromatic carbocycles. The van der Waals surface area contributed by atoms with Gasteiger partial charge in [-0.25, -0.2) is 4.98 Å². The Morgan fingerprint density at radius 3 is 2.67 bits per heavy atom. The van der Waals surface area contributed by atoms with Crippen LogP contribution in [0.25, 0.3) is 0 Å². The van der Waals surface area contributed by atoms with Crippen LogP contribution in [0.15, 0.2) is 22.8 Å². The fraction of sp³-hybridized carbons (Fsp3) is 0.538. The highest BCUT2D eigenvalue weighted by Crippen LogP contribution is 2.16. The second-order valence-electron chi connectivity index (χ2n) is 4.42. The lowest BCUT2D eigenvalue weighted by Crippen LogP contribution is -2.46. The summed E-state index contributed by atoms with van der Waals surface area (Å²) in [5, 5.41) is 8.52. The quantitative estimate of drug-likeness (QED) is 0.800. The highest BCUT2D eigenvalue weighted by Gasteiger charge is 2.17. The first-order valence-electron chi connectivity index (χ1n) is 6.25. The van der Waals surface area contributed by atoms with Gasteiger partial charge in [-0.15, -0.1) is 0 Å². The van der Waals surface area contributed by atoms with E-state index in [-0.39, 0.29) is 0 Å². The molecule has 0 atom stereocenters. The van der Waals surface area contributed by atoms with Gasteiger partial charge >= 0.3 is 0 Å². The van der Waals surface area contributed by atoms with Crippen LogP contribution in [0.2, 0.25) is 0 Å². The number of hydrogen-bond acceptors (Lipinski definition) is 4. The smallest absolute Gasteiger partial charge is 0.128 e. The average molecular weight is 309 g/mol. The molecule has 4 nitrogen and oxygen atoms in total. The molecule has 1 aliphatic rings. The number of nitrogens with zero attached hydrogens (tertiary/aromatic N) is 4. The third-order valence-corrected chi connectivity index (χ3v) is 3.64. The van der Waals surface area contributed by atoms with Gasteiger partial charge in [0.2, 0.25) is 0 Å². The maximum absolute atomic E-state index is 8.52. The highest BCUT2D eigenvalue weighted by molar-refractivity contribution is 9.10. The third kappa shape index (κ3) is 3.69. The second-order valence-corrected chi connectivity index (χ2v) is 5.34. The van der Waals surface area contributed by atoms with Crippen molar-refractivity contribution in [3.8, 4) is 6.07 Å². The molecule has 0 spiro atoms. The number of piperazine rings is 1. The van der Waals surface area contributed by atoms with Gasteiger partial charge in [0.05, 0.1) is 6.07 Å². The van der Waals surface area contributed by atoms with Gasteiger partial charge in [0, 0.05) is 43.3 Å². The van der Waals surface area contributed by atoms with E-state index in [1.807, 2.05) is 12.3 Å². The summed E-state index contributed by atoms with van der Waals surface area (Å²) in [6.45, 7) is 5.18. The highest BCUT2D eigenvalue weighted by atomic mass is 79.9. The van der Waals surface area contributed by atoms with Crippen molar-refractivity contribution in [2.45, 2.75) is 12.8 Å². The van der Waals surface area contributed by atoms with Crippen molar-refractivity contribution < 1.29 is 0 Å². The van der Waals surface area contributed by atoms with Gasteiger partial charge < -0.3 is 4.90 Å². The first kappa shape index (κ1) is 13.3. The Labute approximate surface area is 116 Å². The zero-order chi connectivity index (χ0) is 12.8. The zero-order valence-electron chi connectivity index (χ0n) is 10.3. The number of nitriles is 1. The van der Waals surface area contributed by atoms with Crippen LogP contribution >= 0.6 is 15.9 Å². The van der Waals surface area contributed by atoms with Crippen LogP contribution in [-0.2, 0) is 0 Å². The first-order chi connectivity index (χ1) is 8.79. The van der Waals surface area contributed by atoms with Gasteiger partial charge in [-0.1, -0.05) is 0 Å². The normalized spacial score (nSPS) is 16.6. The number of pyridine rings is 1. The summed E-state index contributed by atoms with van der Waals surface area (Å²) in [5.41, 5.74) is 0. The van der Waals surface area contributed by atoms with E-state index in [0.29, 0.717) is 6.42 Å². The van der Waals surface area contributed by atoms with Gasteiger partial charge in [0.15, 0.2) is 0 Å². The Kier molecular flexibility index (Phi) is 4.97. The van der Waals surface area contributed by atoms with Crippen LogP contribution in [0.3, 0.4) is 0 Å². The van der Waals surface area contributed by atoms with Gasteiger partial charge in [-0.3, -0.25) is 4.90 Å². The van der Waals surface area contributed by atoms with Gasteiger partial charge in [-0.05, 0) is 41.0 Å². The minimum atomic E-state index is 0.661. The summed E-state index contributed by atoms with van der Waals surface area (Å²) < 4.78 is 1.02. The summed E-state index contributed by atoms with van der Waals surface area (Å²) in [4.78, 5) is 9.16. The van der Waals surface area contributed by atoms with Crippen LogP contribution < -0.4 is 4.90 Å². The average Bonchev–Trinajstić information content (AvgIpc) is 2.41. The molecule has 1 aliphatic heterocycles. The van der Waals surface area contributed by atoms with Crippen LogP contribution in [0.4, 0.5) is 5.82 Å². The Morgan fingerprint density at radius 1 is 1.28 bits per heavy atom. The number of hydrogen-bond donors (Lipinski definition) is 0. The summed E-state index contributed by atoms with van der Waals surface area (Å²) in [5.74, 6) is 1.05. The molecule has 0 radical (unpaired) electrons. The molecular formula is C13H17BrN4. The third-order valence-electron chi connectivity index (χ3n) is 3.17. The number of unbranched alkanes of at least 4 members (excludes halogenated alkanes) is 1. The van der Waals surface area contributed by atoms with Gasteiger partial charge in [-0.2, -0.15) is 5.26 Å². The minimum Gasteiger partial charge on any atom is -0.354 e. The lowest BCUT2D eigenvalue weighted by Gasteiger charge is -2.35. The summed E-state index contributed by atoms with van der Waals surface area (Å²) in [6.07, 6.45) is 3.48. The van der Waals surface area contributed by atoms with Gasteiger partial charge in [0.25, 0.3) is 0 Å². The molecule has 1 aromatic rings. The summed E-state index contributed by atoms with van der Waals surface area (Å²) in [7, 11) is 0. The first-order valence-corrected chi connectivity index (χ1v) is 7.05. The van der Waals surface area contributed by atoms with E-state index in [9.17, 15) is 0 Å². The molecule has 18 heavy (non-hydrogen) atoms. The minimum absolute atomic E-state index is 0.661. The van der Waals surface area contributed by atoms with Crippen molar-refractivity contribution in [1.82, 2.24) is 9.88 Å². The topological polar surface area (TPSA) is 43.2 Å². The fourth-order valence-electron chi connectivity index (χ4n) is 2.14. The molecule has 96 valence electrons. The Morgan fingerprint density at radius 2 is 2.06 bits per heavy atom. The number of aromatic nitrogens is 1. The van der Waals surface area contributed by atoms with Crippen LogP contribution in [0.5, 0.6) is 0 Å². The Balaban J connectivity index is 1.79. The second kappa shape index (κ2) is 6.72. The Bertz CT molecular complexity index is 404. The molecule has 1 aromatic heterocycles. The van der Waals surface area contributed by atoms with Crippen molar-refractivity contribution >= 4 is 21.7 Å². The zero-order valence-corrected chi connectivity index (χ0v) is 11.9. The summed E-state index contributed by atoms with van der Waals surface area (Å²) in [6, 6.07) is 6.28. The molecular weight excluding hydrogens is 292 g/mol. The van der Waals surface area contributed by atoms with Crippen molar-refractivity contribution in [2.24, 2.45) is 0 Å². The number of anilines is 1. The SMILES string of the molecule is N#CCCCN1CCN(c2ccc(Br)cn2)CC1. The maximum atomic E-state index is 8.52. The maximum Gasteiger partial charge on any atom is 0.128 e. The molecule has 1 saturated heterocycles. The van der Waals surface area contributed by atoms with Crippen molar-refractivity contribution in [3.63, 3.8) is 0 Å². The monoisotopic (exact) mass is 308 g/mol. The standard InChI is InChI=1S/C13H17BrN4/c14-12-3-4-13(16-11-12)18-9-7-17(8-10-18)6-2-1-5-15/h3-4,11H,1-2,6-10H2. The fourth-order valence-corrected chi connectivity index (χ4v) is 2.37. The molecule has 2 rings (SSSR count). The van der Waals surface area contributed by atoms with E-state index < -0.39 is 0 Å². The van der Waals surface area contributed by atoms with Crippen molar-refractivity contribution in [3.05, 3.63) is 22.8 Å². The van der Waals surface area contributed by atoms with Crippen molar-refractivity contribution in [2.75, 3.05) is 37.6 Å². The van der Waals surface area contributed by atoms with Crippen LogP contribution in [0.1, 0.15) is 12.8 Å². The summed E-state index contributed by atoms with van der Waals surface area (Å²) >= 11 is 3.40. The lowest BCUT2D eigenvalue weighted by molar-refractivity contribution is 0.255. The number of rotatable bonds is 4. The molecule has 0 amide bonds. The molecule has 0 saturated carbocycles. The molecule has 5 heteroatoms. The van der Waals surface area contributed by atoms with Crippen LogP contribution in [-0.4, -0.2) is 42.6 Å². The van der Waals surface area contributed by atoms with E-state index in [2.05, 4.69) is 42.8 Å². The molecule has 0 unspecified atom stereocenters. The van der Waals surface area contributed by atoms with E-state index in [1.54, 1.807) is 0 Å². The van der Waals surface area contributed by atoms with E-state index >= 15 is 0 Å². The van der Waals surface area contributed by atoms with E-state index in [4.69, 9.17) is 5.26 Å². The van der Waals surface area contributed by atoms with E-state index in [1.165, 1.54) is 0 Å². The predicted octanol–water partition coefficient (Wildman–Crippen LogP) is 2.27. The lowest BCUT2D eigenvalue weighted by atomic mass is 10.2. The Hall–Kier alpha value is -1.12. The van der Waals surface area contributed by atoms with E-state index in [0.717, 1.165) is 49.4 Å². The van der Waals surface area contributed by atoms with Gasteiger partial charge in [0.1, 0.15) is 5.82 Å². The molecule has 0 N–H and O–H groups in total. The van der Waals surface area contributed by atoms with Crippen LogP contribution in [0, 0.1) is 11.3 Å². The molecule has 0 aliphatic carbocycles. The predicted molar refractivity (Wildman–Crippen MR) is 75.4 cm³/mol. The molecule has 0 bridgehead atoms. The number of halogens is 1. The van der Waals surface area contributed by atoms with Crippen molar-refractivity contribution in [1.29, 1.82) is 5.26 Å². The largest absolute Gasteiger partial charge is 0.354 e. The molecule has 2 heterocycles. The molecule has 1 fully saturated rings.